The summed E-state index contributed by atoms with van der Waals surface area (Å²) in [5.41, 5.74) is 0.810. The minimum absolute atomic E-state index is 0.116. The number of imide groups is 1. The molecule has 178 valence electrons. The third-order valence-electron chi connectivity index (χ3n) is 6.30. The summed E-state index contributed by atoms with van der Waals surface area (Å²) in [6.07, 6.45) is 6.81. The van der Waals surface area contributed by atoms with Gasteiger partial charge in [0.2, 0.25) is 5.91 Å². The molecule has 1 N–H and O–H groups in total. The number of anilines is 1. The molecule has 1 atom stereocenters. The van der Waals surface area contributed by atoms with Gasteiger partial charge in [-0.15, -0.1) is 0 Å². The predicted octanol–water partition coefficient (Wildman–Crippen LogP) is 3.81. The molecule has 4 rings (SSSR count). The molecule has 1 aliphatic carbocycles. The Morgan fingerprint density at radius 3 is 2.18 bits per heavy atom. The minimum atomic E-state index is -0.714. The quantitative estimate of drug-likeness (QED) is 0.289. The van der Waals surface area contributed by atoms with E-state index >= 15 is 0 Å². The van der Waals surface area contributed by atoms with E-state index < -0.39 is 30.2 Å². The van der Waals surface area contributed by atoms with Crippen LogP contribution in [0.5, 0.6) is 0 Å². The van der Waals surface area contributed by atoms with Gasteiger partial charge in [-0.1, -0.05) is 25.7 Å². The van der Waals surface area contributed by atoms with Crippen LogP contribution in [0.2, 0.25) is 0 Å². The van der Waals surface area contributed by atoms with Gasteiger partial charge < -0.3 is 10.1 Å². The number of ether oxygens (including phenoxy) is 1. The number of esters is 1. The van der Waals surface area contributed by atoms with E-state index in [1.54, 1.807) is 0 Å². The molecule has 7 nitrogen and oxygen atoms in total. The maximum Gasteiger partial charge on any atom is 0.338 e. The summed E-state index contributed by atoms with van der Waals surface area (Å²) < 4.78 is 18.0. The Kier molecular flexibility index (Phi) is 7.47. The Morgan fingerprint density at radius 2 is 1.53 bits per heavy atom. The molecule has 0 radical (unpaired) electrons. The largest absolute Gasteiger partial charge is 0.454 e. The Bertz CT molecular complexity index is 1060. The number of Topliss-reactive ketones (excluding diaryl/α,β-unsaturated/α-hetero) is 1. The molecule has 0 aromatic heterocycles. The fourth-order valence-corrected chi connectivity index (χ4v) is 4.44. The van der Waals surface area contributed by atoms with E-state index in [9.17, 15) is 23.6 Å². The fourth-order valence-electron chi connectivity index (χ4n) is 4.44. The van der Waals surface area contributed by atoms with Gasteiger partial charge in [-0.25, -0.2) is 14.1 Å². The molecule has 8 heteroatoms. The molecule has 1 heterocycles. The van der Waals surface area contributed by atoms with Gasteiger partial charge in [-0.3, -0.25) is 14.4 Å². The van der Waals surface area contributed by atoms with Crippen LogP contribution in [0, 0.1) is 5.82 Å². The van der Waals surface area contributed by atoms with Gasteiger partial charge in [0.25, 0.3) is 5.91 Å². The van der Waals surface area contributed by atoms with Crippen molar-refractivity contribution in [2.24, 2.45) is 0 Å². The van der Waals surface area contributed by atoms with Crippen LogP contribution in [-0.2, 0) is 14.3 Å². The number of nitrogens with zero attached hydrogens (tertiary/aromatic N) is 1. The molecule has 2 fully saturated rings. The number of carbonyl (C=O) groups excluding carboxylic acids is 4. The highest BCUT2D eigenvalue weighted by Gasteiger charge is 2.40. The highest BCUT2D eigenvalue weighted by Crippen LogP contribution is 2.25. The van der Waals surface area contributed by atoms with Crippen molar-refractivity contribution in [3.05, 3.63) is 65.5 Å². The number of amides is 2. The zero-order chi connectivity index (χ0) is 24.1. The van der Waals surface area contributed by atoms with E-state index in [2.05, 4.69) is 5.32 Å². The van der Waals surface area contributed by atoms with Crippen LogP contribution >= 0.6 is 0 Å². The lowest BCUT2D eigenvalue weighted by Crippen LogP contribution is -2.43. The summed E-state index contributed by atoms with van der Waals surface area (Å²) in [6.45, 7) is -0.482. The number of rotatable bonds is 7. The maximum absolute atomic E-state index is 13.0. The zero-order valence-corrected chi connectivity index (χ0v) is 18.8. The van der Waals surface area contributed by atoms with Gasteiger partial charge in [-0.2, -0.15) is 0 Å². The first kappa shape index (κ1) is 23.8. The first-order chi connectivity index (χ1) is 16.4. The Hall–Kier alpha value is -3.39. The van der Waals surface area contributed by atoms with E-state index in [0.29, 0.717) is 5.69 Å². The SMILES string of the molecule is O=C(COC(=O)c1ccc(N2C(=O)CC(NC3CCCCCC3)C2=O)cc1)c1ccc(F)cc1. The van der Waals surface area contributed by atoms with E-state index in [0.717, 1.165) is 42.7 Å². The summed E-state index contributed by atoms with van der Waals surface area (Å²) >= 11 is 0. The molecule has 34 heavy (non-hydrogen) atoms. The lowest BCUT2D eigenvalue weighted by atomic mass is 10.1. The summed E-state index contributed by atoms with van der Waals surface area (Å²) in [4.78, 5) is 51.0. The van der Waals surface area contributed by atoms with Crippen molar-refractivity contribution in [3.8, 4) is 0 Å². The monoisotopic (exact) mass is 466 g/mol. The van der Waals surface area contributed by atoms with Crippen molar-refractivity contribution >= 4 is 29.3 Å². The first-order valence-corrected chi connectivity index (χ1v) is 11.6. The van der Waals surface area contributed by atoms with E-state index in [1.807, 2.05) is 0 Å². The average molecular weight is 467 g/mol. The fraction of sp³-hybridized carbons (Fsp3) is 0.385. The first-order valence-electron chi connectivity index (χ1n) is 11.6. The average Bonchev–Trinajstić information content (AvgIpc) is 2.99. The Labute approximate surface area is 197 Å². The van der Waals surface area contributed by atoms with Crippen molar-refractivity contribution in [2.75, 3.05) is 11.5 Å². The molecular weight excluding hydrogens is 439 g/mol. The molecule has 2 aromatic rings. The Morgan fingerprint density at radius 1 is 0.912 bits per heavy atom. The third-order valence-corrected chi connectivity index (χ3v) is 6.30. The van der Waals surface area contributed by atoms with Gasteiger partial charge in [0.1, 0.15) is 5.82 Å². The summed E-state index contributed by atoms with van der Waals surface area (Å²) in [7, 11) is 0. The minimum Gasteiger partial charge on any atom is -0.454 e. The van der Waals surface area contributed by atoms with Crippen molar-refractivity contribution in [1.82, 2.24) is 5.32 Å². The zero-order valence-electron chi connectivity index (χ0n) is 18.8. The lowest BCUT2D eigenvalue weighted by Gasteiger charge is -2.21. The van der Waals surface area contributed by atoms with Crippen molar-refractivity contribution in [2.45, 2.75) is 57.0 Å². The number of halogens is 1. The molecule has 2 amide bonds. The van der Waals surface area contributed by atoms with E-state index in [-0.39, 0.29) is 35.4 Å². The van der Waals surface area contributed by atoms with Gasteiger partial charge in [0.05, 0.1) is 23.7 Å². The van der Waals surface area contributed by atoms with Crippen LogP contribution in [0.4, 0.5) is 10.1 Å². The van der Waals surface area contributed by atoms with Gasteiger partial charge >= 0.3 is 5.97 Å². The van der Waals surface area contributed by atoms with Crippen LogP contribution < -0.4 is 10.2 Å². The van der Waals surface area contributed by atoms with Gasteiger partial charge in [-0.05, 0) is 61.4 Å². The molecule has 1 aliphatic heterocycles. The van der Waals surface area contributed by atoms with Gasteiger partial charge in [0.15, 0.2) is 12.4 Å². The standard InChI is InChI=1S/C26H27FN2O5/c27-19-11-7-17(8-12-19)23(30)16-34-26(33)18-9-13-21(14-10-18)29-24(31)15-22(25(29)32)28-20-5-3-1-2-4-6-20/h7-14,20,22,28H,1-6,15-16H2. The number of hydrogen-bond donors (Lipinski definition) is 1. The maximum atomic E-state index is 13.0. The highest BCUT2D eigenvalue weighted by atomic mass is 19.1. The van der Waals surface area contributed by atoms with Crippen molar-refractivity contribution in [1.29, 1.82) is 0 Å². The number of ketones is 1. The van der Waals surface area contributed by atoms with E-state index in [1.165, 1.54) is 49.2 Å². The number of benzene rings is 2. The van der Waals surface area contributed by atoms with Gasteiger partial charge in [0, 0.05) is 11.6 Å². The molecule has 0 bridgehead atoms. The highest BCUT2D eigenvalue weighted by molar-refractivity contribution is 6.22. The molecule has 2 aliphatic rings. The second-order valence-corrected chi connectivity index (χ2v) is 8.73. The molecular formula is C26H27FN2O5. The van der Waals surface area contributed by atoms with Crippen LogP contribution in [0.3, 0.4) is 0 Å². The van der Waals surface area contributed by atoms with Crippen molar-refractivity contribution < 1.29 is 28.3 Å². The number of carbonyl (C=O) groups is 4. The second-order valence-electron chi connectivity index (χ2n) is 8.73. The summed E-state index contributed by atoms with van der Waals surface area (Å²) in [5, 5.41) is 3.37. The normalized spacial score (nSPS) is 19.2. The lowest BCUT2D eigenvalue weighted by molar-refractivity contribution is -0.121. The molecule has 2 aromatic carbocycles. The smallest absolute Gasteiger partial charge is 0.338 e. The van der Waals surface area contributed by atoms with E-state index in [4.69, 9.17) is 4.74 Å². The number of hydrogen-bond acceptors (Lipinski definition) is 6. The number of nitrogens with one attached hydrogen (secondary N) is 1. The predicted molar refractivity (Wildman–Crippen MR) is 123 cm³/mol. The Balaban J connectivity index is 1.34. The molecule has 1 saturated heterocycles. The second kappa shape index (κ2) is 10.7. The van der Waals surface area contributed by atoms with Crippen molar-refractivity contribution in [3.63, 3.8) is 0 Å². The van der Waals surface area contributed by atoms with Crippen LogP contribution in [0.15, 0.2) is 48.5 Å². The summed E-state index contributed by atoms with van der Waals surface area (Å²) in [6, 6.07) is 10.6. The molecule has 1 saturated carbocycles. The van der Waals surface area contributed by atoms with Crippen LogP contribution in [0.25, 0.3) is 0 Å². The molecule has 0 spiro atoms. The topological polar surface area (TPSA) is 92.8 Å². The van der Waals surface area contributed by atoms with Crippen LogP contribution in [-0.4, -0.2) is 42.3 Å². The third kappa shape index (κ3) is 5.56. The van der Waals surface area contributed by atoms with Crippen LogP contribution in [0.1, 0.15) is 65.7 Å². The summed E-state index contributed by atoms with van der Waals surface area (Å²) in [5.74, 6) is -2.19. The molecule has 1 unspecified atom stereocenters.